The molecule has 1 amide bonds. The van der Waals surface area contributed by atoms with Crippen molar-refractivity contribution in [2.24, 2.45) is 0 Å². The average molecular weight is 391 g/mol. The summed E-state index contributed by atoms with van der Waals surface area (Å²) >= 11 is 6.06. The van der Waals surface area contributed by atoms with Crippen molar-refractivity contribution in [3.8, 4) is 5.75 Å². The van der Waals surface area contributed by atoms with E-state index in [0.29, 0.717) is 16.3 Å². The van der Waals surface area contributed by atoms with E-state index in [1.54, 1.807) is 32.0 Å². The Kier molecular flexibility index (Phi) is 5.39. The highest BCUT2D eigenvalue weighted by Crippen LogP contribution is 2.44. The number of nitrogens with zero attached hydrogens (tertiary/aromatic N) is 2. The predicted octanol–water partition coefficient (Wildman–Crippen LogP) is 1.26. The molecule has 1 N–H and O–H groups in total. The number of aliphatic hydroxyl groups excluding tert-OH is 1. The molecule has 2 unspecified atom stereocenters. The fourth-order valence-corrected chi connectivity index (χ4v) is 3.91. The van der Waals surface area contributed by atoms with Crippen LogP contribution in [0.2, 0.25) is 5.02 Å². The molecule has 0 bridgehead atoms. The molecule has 0 aromatic heterocycles. The lowest BCUT2D eigenvalue weighted by atomic mass is 9.86. The second kappa shape index (κ2) is 6.75. The first-order valence-electron chi connectivity index (χ1n) is 7.68. The molecule has 1 aromatic carbocycles. The number of benzene rings is 1. The zero-order chi connectivity index (χ0) is 19.2. The molecule has 0 radical (unpaired) electrons. The molecule has 1 aliphatic rings. The Morgan fingerprint density at radius 2 is 1.96 bits per heavy atom. The van der Waals surface area contributed by atoms with Crippen molar-refractivity contribution in [3.63, 3.8) is 0 Å². The van der Waals surface area contributed by atoms with E-state index in [9.17, 15) is 18.3 Å². The van der Waals surface area contributed by atoms with Gasteiger partial charge in [0.15, 0.2) is 0 Å². The van der Waals surface area contributed by atoms with Gasteiger partial charge >= 0.3 is 0 Å². The highest BCUT2D eigenvalue weighted by Gasteiger charge is 2.48. The van der Waals surface area contributed by atoms with Crippen LogP contribution in [-0.2, 0) is 14.8 Å². The van der Waals surface area contributed by atoms with E-state index >= 15 is 0 Å². The first kappa shape index (κ1) is 20.0. The Balaban J connectivity index is 2.62. The molecular formula is C16H23ClN2O5S. The standard InChI is InChI=1S/C16H23ClN2O5S/c1-16(2)15(21)14(11-8-10(17)6-7-12(11)24-16)19(25(5,22)23)9-13(20)18(3)4/h6-8,14-15,21H,9H2,1-5H3. The van der Waals surface area contributed by atoms with Crippen molar-refractivity contribution in [2.45, 2.75) is 31.6 Å². The summed E-state index contributed by atoms with van der Waals surface area (Å²) in [6, 6.07) is 3.82. The van der Waals surface area contributed by atoms with Gasteiger partial charge in [-0.15, -0.1) is 0 Å². The van der Waals surface area contributed by atoms with Gasteiger partial charge in [-0.3, -0.25) is 4.79 Å². The van der Waals surface area contributed by atoms with Gasteiger partial charge in [-0.25, -0.2) is 8.42 Å². The van der Waals surface area contributed by atoms with E-state index < -0.39 is 40.2 Å². The number of aliphatic hydroxyl groups is 1. The molecule has 0 spiro atoms. The summed E-state index contributed by atoms with van der Waals surface area (Å²) in [7, 11) is -0.725. The summed E-state index contributed by atoms with van der Waals surface area (Å²) in [5.74, 6) is 0.0288. The Hall–Kier alpha value is -1.35. The lowest BCUT2D eigenvalue weighted by molar-refractivity contribution is -0.131. The van der Waals surface area contributed by atoms with Crippen molar-refractivity contribution in [3.05, 3.63) is 28.8 Å². The first-order valence-corrected chi connectivity index (χ1v) is 9.90. The molecular weight excluding hydrogens is 368 g/mol. The minimum absolute atomic E-state index is 0.381. The van der Waals surface area contributed by atoms with Crippen molar-refractivity contribution in [2.75, 3.05) is 26.9 Å². The highest BCUT2D eigenvalue weighted by atomic mass is 35.5. The van der Waals surface area contributed by atoms with Gasteiger partial charge in [0.1, 0.15) is 17.5 Å². The Bertz CT molecular complexity index is 779. The number of carbonyl (C=O) groups excluding carboxylic acids is 1. The molecule has 1 aliphatic heterocycles. The Labute approximate surface area is 153 Å². The third-order valence-electron chi connectivity index (χ3n) is 4.20. The minimum atomic E-state index is -3.80. The zero-order valence-corrected chi connectivity index (χ0v) is 16.4. The molecule has 0 saturated heterocycles. The predicted molar refractivity (Wildman–Crippen MR) is 95.2 cm³/mol. The van der Waals surface area contributed by atoms with E-state index in [1.807, 2.05) is 0 Å². The number of sulfonamides is 1. The number of ether oxygens (including phenoxy) is 1. The first-order chi connectivity index (χ1) is 11.3. The van der Waals surface area contributed by atoms with E-state index in [2.05, 4.69) is 0 Å². The molecule has 7 nitrogen and oxygen atoms in total. The molecule has 2 atom stereocenters. The second-order valence-electron chi connectivity index (χ2n) is 6.87. The van der Waals surface area contributed by atoms with Gasteiger partial charge in [0, 0.05) is 24.7 Å². The smallest absolute Gasteiger partial charge is 0.237 e. The SMILES string of the molecule is CN(C)C(=O)CN(C1c2cc(Cl)ccc2OC(C)(C)C1O)S(C)(=O)=O. The maximum absolute atomic E-state index is 12.4. The minimum Gasteiger partial charge on any atom is -0.485 e. The van der Waals surface area contributed by atoms with Crippen LogP contribution >= 0.6 is 11.6 Å². The zero-order valence-electron chi connectivity index (χ0n) is 14.9. The number of halogens is 1. The molecule has 0 fully saturated rings. The fraction of sp³-hybridized carbons (Fsp3) is 0.562. The molecule has 0 saturated carbocycles. The molecule has 9 heteroatoms. The monoisotopic (exact) mass is 390 g/mol. The largest absolute Gasteiger partial charge is 0.485 e. The van der Waals surface area contributed by atoms with Gasteiger partial charge in [-0.05, 0) is 32.0 Å². The third-order valence-corrected chi connectivity index (χ3v) is 5.64. The van der Waals surface area contributed by atoms with Gasteiger partial charge in [0.05, 0.1) is 18.8 Å². The third kappa shape index (κ3) is 4.08. The molecule has 1 heterocycles. The summed E-state index contributed by atoms with van der Waals surface area (Å²) in [5, 5.41) is 11.2. The number of rotatable bonds is 4. The number of amides is 1. The van der Waals surface area contributed by atoms with E-state index in [-0.39, 0.29) is 0 Å². The molecule has 1 aromatic rings. The molecule has 2 rings (SSSR count). The highest BCUT2D eigenvalue weighted by molar-refractivity contribution is 7.88. The average Bonchev–Trinajstić information content (AvgIpc) is 2.46. The number of likely N-dealkylation sites (N-methyl/N-ethyl adjacent to an activating group) is 1. The van der Waals surface area contributed by atoms with Crippen LogP contribution in [0.4, 0.5) is 0 Å². The van der Waals surface area contributed by atoms with Crippen LogP contribution in [0.5, 0.6) is 5.75 Å². The maximum atomic E-state index is 12.4. The summed E-state index contributed by atoms with van der Waals surface area (Å²) in [5.41, 5.74) is -0.619. The van der Waals surface area contributed by atoms with Gasteiger partial charge in [-0.1, -0.05) is 11.6 Å². The van der Waals surface area contributed by atoms with E-state index in [4.69, 9.17) is 16.3 Å². The van der Waals surface area contributed by atoms with Gasteiger partial charge in [0.25, 0.3) is 0 Å². The second-order valence-corrected chi connectivity index (χ2v) is 9.25. The Morgan fingerprint density at radius 1 is 1.36 bits per heavy atom. The normalized spacial score (nSPS) is 22.2. The van der Waals surface area contributed by atoms with E-state index in [0.717, 1.165) is 10.6 Å². The molecule has 0 aliphatic carbocycles. The van der Waals surface area contributed by atoms with Crippen LogP contribution in [0.15, 0.2) is 18.2 Å². The number of hydrogen-bond acceptors (Lipinski definition) is 5. The van der Waals surface area contributed by atoms with Crippen LogP contribution < -0.4 is 4.74 Å². The fourth-order valence-electron chi connectivity index (χ4n) is 2.75. The lowest BCUT2D eigenvalue weighted by Gasteiger charge is -2.45. The maximum Gasteiger partial charge on any atom is 0.237 e. The summed E-state index contributed by atoms with van der Waals surface area (Å²) < 4.78 is 31.6. The van der Waals surface area contributed by atoms with Gasteiger partial charge in [-0.2, -0.15) is 4.31 Å². The Morgan fingerprint density at radius 3 is 2.48 bits per heavy atom. The van der Waals surface area contributed by atoms with Crippen LogP contribution in [0.1, 0.15) is 25.5 Å². The van der Waals surface area contributed by atoms with Gasteiger partial charge in [0.2, 0.25) is 15.9 Å². The van der Waals surface area contributed by atoms with Crippen LogP contribution in [-0.4, -0.2) is 67.2 Å². The number of hydrogen-bond donors (Lipinski definition) is 1. The lowest BCUT2D eigenvalue weighted by Crippen LogP contribution is -2.55. The van der Waals surface area contributed by atoms with Crippen molar-refractivity contribution < 1.29 is 23.1 Å². The summed E-state index contributed by atoms with van der Waals surface area (Å²) in [4.78, 5) is 13.5. The van der Waals surface area contributed by atoms with Crippen LogP contribution in [0, 0.1) is 0 Å². The molecule has 140 valence electrons. The summed E-state index contributed by atoms with van der Waals surface area (Å²) in [6.07, 6.45) is -0.182. The topological polar surface area (TPSA) is 87.2 Å². The van der Waals surface area contributed by atoms with Gasteiger partial charge < -0.3 is 14.7 Å². The van der Waals surface area contributed by atoms with Crippen molar-refractivity contribution in [1.29, 1.82) is 0 Å². The number of fused-ring (bicyclic) bond motifs is 1. The van der Waals surface area contributed by atoms with Crippen LogP contribution in [0.25, 0.3) is 0 Å². The van der Waals surface area contributed by atoms with Crippen molar-refractivity contribution >= 4 is 27.5 Å². The van der Waals surface area contributed by atoms with Crippen LogP contribution in [0.3, 0.4) is 0 Å². The van der Waals surface area contributed by atoms with Crippen molar-refractivity contribution in [1.82, 2.24) is 9.21 Å². The summed E-state index contributed by atoms with van der Waals surface area (Å²) in [6.45, 7) is 2.93. The van der Waals surface area contributed by atoms with E-state index in [1.165, 1.54) is 19.0 Å². The quantitative estimate of drug-likeness (QED) is 0.836. The molecule has 25 heavy (non-hydrogen) atoms. The number of carbonyl (C=O) groups is 1.